The van der Waals surface area contributed by atoms with Crippen molar-refractivity contribution in [3.8, 4) is 5.75 Å². The molecule has 100 valence electrons. The van der Waals surface area contributed by atoms with Gasteiger partial charge in [-0.15, -0.1) is 0 Å². The molecule has 5 nitrogen and oxygen atoms in total. The summed E-state index contributed by atoms with van der Waals surface area (Å²) in [5, 5.41) is 6.74. The molecular formula is C13H15ClN4O. The van der Waals surface area contributed by atoms with E-state index in [-0.39, 0.29) is 0 Å². The van der Waals surface area contributed by atoms with Crippen LogP contribution in [0.25, 0.3) is 0 Å². The number of hydrogen-bond acceptors (Lipinski definition) is 5. The zero-order chi connectivity index (χ0) is 13.7. The second kappa shape index (κ2) is 6.24. The molecule has 2 aromatic rings. The molecule has 0 saturated carbocycles. The van der Waals surface area contributed by atoms with Crippen LogP contribution in [0.5, 0.6) is 5.75 Å². The highest BCUT2D eigenvalue weighted by Gasteiger charge is 2.07. The molecule has 0 atom stereocenters. The van der Waals surface area contributed by atoms with Crippen LogP contribution < -0.4 is 15.4 Å². The van der Waals surface area contributed by atoms with E-state index < -0.39 is 0 Å². The molecule has 6 heteroatoms. The minimum absolute atomic E-state index is 0.531. The van der Waals surface area contributed by atoms with Crippen molar-refractivity contribution in [1.29, 1.82) is 0 Å². The Morgan fingerprint density at radius 3 is 2.89 bits per heavy atom. The molecule has 0 aliphatic rings. The molecule has 0 saturated heterocycles. The quantitative estimate of drug-likeness (QED) is 0.881. The number of ether oxygens (including phenoxy) is 1. The average molecular weight is 279 g/mol. The maximum atomic E-state index is 6.17. The fraction of sp³-hybridized carbons (Fsp3) is 0.231. The monoisotopic (exact) mass is 278 g/mol. The largest absolute Gasteiger partial charge is 0.496 e. The van der Waals surface area contributed by atoms with Crippen molar-refractivity contribution < 1.29 is 4.74 Å². The van der Waals surface area contributed by atoms with Gasteiger partial charge in [0.25, 0.3) is 0 Å². The molecule has 0 fully saturated rings. The van der Waals surface area contributed by atoms with E-state index in [0.717, 1.165) is 17.1 Å². The third-order valence-corrected chi connectivity index (χ3v) is 2.98. The second-order valence-electron chi connectivity index (χ2n) is 3.79. The minimum atomic E-state index is 0.531. The summed E-state index contributed by atoms with van der Waals surface area (Å²) in [5.41, 5.74) is 0.899. The zero-order valence-electron chi connectivity index (χ0n) is 10.8. The van der Waals surface area contributed by atoms with Crippen LogP contribution in [0.15, 0.2) is 30.5 Å². The number of rotatable bonds is 5. The number of halogens is 1. The van der Waals surface area contributed by atoms with E-state index in [4.69, 9.17) is 16.3 Å². The summed E-state index contributed by atoms with van der Waals surface area (Å²) in [6, 6.07) is 7.36. The molecule has 19 heavy (non-hydrogen) atoms. The number of nitrogens with one attached hydrogen (secondary N) is 2. The maximum absolute atomic E-state index is 6.17. The van der Waals surface area contributed by atoms with Crippen LogP contribution in [0.1, 0.15) is 5.56 Å². The third kappa shape index (κ3) is 3.26. The first-order valence-electron chi connectivity index (χ1n) is 5.80. The first-order valence-corrected chi connectivity index (χ1v) is 6.18. The average Bonchev–Trinajstić information content (AvgIpc) is 2.46. The predicted octanol–water partition coefficient (Wildman–Crippen LogP) is 2.79. The molecule has 0 amide bonds. The Morgan fingerprint density at radius 2 is 2.16 bits per heavy atom. The number of hydrogen-bond donors (Lipinski definition) is 2. The van der Waals surface area contributed by atoms with E-state index in [9.17, 15) is 0 Å². The Bertz CT molecular complexity index is 562. The first-order chi connectivity index (χ1) is 9.24. The number of methoxy groups -OCH3 is 1. The van der Waals surface area contributed by atoms with Gasteiger partial charge in [-0.2, -0.15) is 4.98 Å². The minimum Gasteiger partial charge on any atom is -0.496 e. The van der Waals surface area contributed by atoms with Gasteiger partial charge in [0.2, 0.25) is 5.95 Å². The van der Waals surface area contributed by atoms with E-state index >= 15 is 0 Å². The molecule has 0 aliphatic heterocycles. The van der Waals surface area contributed by atoms with Crippen LogP contribution in [0, 0.1) is 0 Å². The normalized spacial score (nSPS) is 10.1. The SMILES string of the molecule is CNc1nccc(NCc2c(Cl)cccc2OC)n1. The molecule has 2 N–H and O–H groups in total. The number of anilines is 2. The molecule has 1 aromatic carbocycles. The Morgan fingerprint density at radius 1 is 1.32 bits per heavy atom. The van der Waals surface area contributed by atoms with E-state index in [1.807, 2.05) is 18.2 Å². The highest BCUT2D eigenvalue weighted by Crippen LogP contribution is 2.26. The zero-order valence-corrected chi connectivity index (χ0v) is 11.5. The van der Waals surface area contributed by atoms with Crippen LogP contribution in [0.4, 0.5) is 11.8 Å². The lowest BCUT2D eigenvalue weighted by Gasteiger charge is -2.12. The highest BCUT2D eigenvalue weighted by molar-refractivity contribution is 6.31. The maximum Gasteiger partial charge on any atom is 0.224 e. The molecule has 2 rings (SSSR count). The Balaban J connectivity index is 2.14. The Kier molecular flexibility index (Phi) is 4.41. The second-order valence-corrected chi connectivity index (χ2v) is 4.20. The van der Waals surface area contributed by atoms with Gasteiger partial charge in [0.05, 0.1) is 7.11 Å². The highest BCUT2D eigenvalue weighted by atomic mass is 35.5. The van der Waals surface area contributed by atoms with Crippen molar-refractivity contribution in [2.24, 2.45) is 0 Å². The van der Waals surface area contributed by atoms with Crippen LogP contribution in [0.2, 0.25) is 5.02 Å². The lowest BCUT2D eigenvalue weighted by Crippen LogP contribution is -2.05. The molecule has 1 heterocycles. The van der Waals surface area contributed by atoms with E-state index in [1.165, 1.54) is 0 Å². The molecular weight excluding hydrogens is 264 g/mol. The smallest absolute Gasteiger partial charge is 0.224 e. The first kappa shape index (κ1) is 13.4. The van der Waals surface area contributed by atoms with E-state index in [0.29, 0.717) is 17.5 Å². The number of benzene rings is 1. The number of aromatic nitrogens is 2. The molecule has 0 unspecified atom stereocenters. The van der Waals surface area contributed by atoms with E-state index in [1.54, 1.807) is 26.4 Å². The summed E-state index contributed by atoms with van der Waals surface area (Å²) in [5.74, 6) is 2.04. The van der Waals surface area contributed by atoms with Crippen molar-refractivity contribution in [1.82, 2.24) is 9.97 Å². The van der Waals surface area contributed by atoms with Gasteiger partial charge in [-0.05, 0) is 18.2 Å². The summed E-state index contributed by atoms with van der Waals surface area (Å²) in [6.07, 6.45) is 1.69. The van der Waals surface area contributed by atoms with Gasteiger partial charge >= 0.3 is 0 Å². The fourth-order valence-corrected chi connectivity index (χ4v) is 1.89. The lowest BCUT2D eigenvalue weighted by atomic mass is 10.2. The van der Waals surface area contributed by atoms with Gasteiger partial charge in [0.15, 0.2) is 0 Å². The van der Waals surface area contributed by atoms with Crippen LogP contribution in [-0.2, 0) is 6.54 Å². The van der Waals surface area contributed by atoms with Crippen molar-refractivity contribution in [2.45, 2.75) is 6.54 Å². The van der Waals surface area contributed by atoms with Crippen LogP contribution in [-0.4, -0.2) is 24.1 Å². The third-order valence-electron chi connectivity index (χ3n) is 2.62. The van der Waals surface area contributed by atoms with Crippen molar-refractivity contribution in [3.05, 3.63) is 41.0 Å². The summed E-state index contributed by atoms with van der Waals surface area (Å²) in [6.45, 7) is 0.531. The van der Waals surface area contributed by atoms with Gasteiger partial charge in [-0.1, -0.05) is 17.7 Å². The molecule has 0 aliphatic carbocycles. The molecule has 0 radical (unpaired) electrons. The van der Waals surface area contributed by atoms with Crippen LogP contribution in [0.3, 0.4) is 0 Å². The standard InChI is InChI=1S/C13H15ClN4O/c1-15-13-16-7-6-12(18-13)17-8-9-10(14)4-3-5-11(9)19-2/h3-7H,8H2,1-2H3,(H2,15,16,17,18). The van der Waals surface area contributed by atoms with Gasteiger partial charge in [0, 0.05) is 30.4 Å². The predicted molar refractivity (Wildman–Crippen MR) is 76.9 cm³/mol. The van der Waals surface area contributed by atoms with Crippen LogP contribution >= 0.6 is 11.6 Å². The molecule has 0 spiro atoms. The number of nitrogens with zero attached hydrogens (tertiary/aromatic N) is 2. The van der Waals surface area contributed by atoms with Gasteiger partial charge < -0.3 is 15.4 Å². The van der Waals surface area contributed by atoms with Gasteiger partial charge in [-0.3, -0.25) is 0 Å². The van der Waals surface area contributed by atoms with Crippen molar-refractivity contribution >= 4 is 23.4 Å². The summed E-state index contributed by atoms with van der Waals surface area (Å²) in [7, 11) is 3.40. The summed E-state index contributed by atoms with van der Waals surface area (Å²) < 4.78 is 5.29. The van der Waals surface area contributed by atoms with Crippen molar-refractivity contribution in [3.63, 3.8) is 0 Å². The lowest BCUT2D eigenvalue weighted by molar-refractivity contribution is 0.410. The Hall–Kier alpha value is -2.01. The Labute approximate surface area is 117 Å². The summed E-state index contributed by atoms with van der Waals surface area (Å²) >= 11 is 6.17. The van der Waals surface area contributed by atoms with Gasteiger partial charge in [-0.25, -0.2) is 4.98 Å². The van der Waals surface area contributed by atoms with E-state index in [2.05, 4.69) is 20.6 Å². The molecule has 1 aromatic heterocycles. The molecule has 0 bridgehead atoms. The summed E-state index contributed by atoms with van der Waals surface area (Å²) in [4.78, 5) is 8.33. The topological polar surface area (TPSA) is 59.1 Å². The fourth-order valence-electron chi connectivity index (χ4n) is 1.66. The van der Waals surface area contributed by atoms with Gasteiger partial charge in [0.1, 0.15) is 11.6 Å². The van der Waals surface area contributed by atoms with Crippen molar-refractivity contribution in [2.75, 3.05) is 24.8 Å².